The molecule has 0 unspecified atom stereocenters. The highest BCUT2D eigenvalue weighted by atomic mass is 19.4. The second-order valence-corrected chi connectivity index (χ2v) is 5.12. The van der Waals surface area contributed by atoms with Crippen molar-refractivity contribution in [3.63, 3.8) is 0 Å². The Morgan fingerprint density at radius 2 is 1.79 bits per heavy atom. The summed E-state index contributed by atoms with van der Waals surface area (Å²) in [5.41, 5.74) is -0.0924. The fourth-order valence-corrected chi connectivity index (χ4v) is 2.09. The average molecular weight is 340 g/mol. The van der Waals surface area contributed by atoms with E-state index < -0.39 is 11.7 Å². The number of carbonyl (C=O) groups excluding carboxylic acids is 1. The first-order chi connectivity index (χ1) is 11.4. The first-order valence-corrected chi connectivity index (χ1v) is 7.27. The minimum Gasteiger partial charge on any atom is -0.376 e. The van der Waals surface area contributed by atoms with Crippen LogP contribution in [0.5, 0.6) is 0 Å². The fraction of sp³-hybridized carbons (Fsp3) is 0.235. The molecule has 2 aromatic rings. The third-order valence-corrected chi connectivity index (χ3v) is 3.32. The van der Waals surface area contributed by atoms with Gasteiger partial charge in [-0.2, -0.15) is 13.2 Å². The average Bonchev–Trinajstić information content (AvgIpc) is 2.54. The van der Waals surface area contributed by atoms with Crippen molar-refractivity contribution in [3.05, 3.63) is 65.5 Å². The maximum Gasteiger partial charge on any atom is 0.416 e. The zero-order valence-corrected chi connectivity index (χ0v) is 12.7. The maximum absolute atomic E-state index is 13.4. The number of anilines is 1. The Labute approximate surface area is 136 Å². The van der Waals surface area contributed by atoms with Crippen LogP contribution in [0.25, 0.3) is 0 Å². The number of amides is 1. The zero-order chi connectivity index (χ0) is 17.6. The molecule has 0 heterocycles. The number of rotatable bonds is 6. The molecular formula is C17H16F4N2O. The highest BCUT2D eigenvalue weighted by Crippen LogP contribution is 2.30. The molecule has 7 heteroatoms. The highest BCUT2D eigenvalue weighted by molar-refractivity contribution is 5.80. The molecule has 0 fully saturated rings. The van der Waals surface area contributed by atoms with E-state index in [9.17, 15) is 22.4 Å². The third kappa shape index (κ3) is 5.26. The molecule has 0 aliphatic carbocycles. The molecule has 128 valence electrons. The molecule has 1 amide bonds. The normalized spacial score (nSPS) is 11.2. The van der Waals surface area contributed by atoms with Crippen LogP contribution in [0.15, 0.2) is 48.5 Å². The quantitative estimate of drug-likeness (QED) is 0.789. The standard InChI is InChI=1S/C17H16F4N2O/c18-15-7-2-1-4-12(15)8-9-22-16(24)11-23-14-6-3-5-13(10-14)17(19,20)21/h1-7,10,23H,8-9,11H2,(H,22,24). The minimum atomic E-state index is -4.43. The Bertz CT molecular complexity index is 701. The Morgan fingerprint density at radius 1 is 1.04 bits per heavy atom. The van der Waals surface area contributed by atoms with Crippen LogP contribution in [0.3, 0.4) is 0 Å². The van der Waals surface area contributed by atoms with Crippen molar-refractivity contribution in [1.82, 2.24) is 5.32 Å². The van der Waals surface area contributed by atoms with Crippen molar-refractivity contribution >= 4 is 11.6 Å². The monoisotopic (exact) mass is 340 g/mol. The third-order valence-electron chi connectivity index (χ3n) is 3.32. The van der Waals surface area contributed by atoms with Gasteiger partial charge in [-0.25, -0.2) is 4.39 Å². The lowest BCUT2D eigenvalue weighted by molar-refractivity contribution is -0.137. The van der Waals surface area contributed by atoms with Crippen LogP contribution >= 0.6 is 0 Å². The van der Waals surface area contributed by atoms with E-state index in [0.717, 1.165) is 12.1 Å². The van der Waals surface area contributed by atoms with Crippen molar-refractivity contribution < 1.29 is 22.4 Å². The van der Waals surface area contributed by atoms with Gasteiger partial charge in [0.25, 0.3) is 0 Å². The molecule has 3 nitrogen and oxygen atoms in total. The Hall–Kier alpha value is -2.57. The van der Waals surface area contributed by atoms with Crippen molar-refractivity contribution in [2.24, 2.45) is 0 Å². The van der Waals surface area contributed by atoms with Gasteiger partial charge in [0.05, 0.1) is 12.1 Å². The van der Waals surface area contributed by atoms with Crippen molar-refractivity contribution in [3.8, 4) is 0 Å². The van der Waals surface area contributed by atoms with Crippen LogP contribution in [-0.2, 0) is 17.4 Å². The first-order valence-electron chi connectivity index (χ1n) is 7.27. The molecule has 0 aliphatic rings. The smallest absolute Gasteiger partial charge is 0.376 e. The number of hydrogen-bond acceptors (Lipinski definition) is 2. The Kier molecular flexibility index (Phi) is 5.78. The molecule has 0 saturated carbocycles. The highest BCUT2D eigenvalue weighted by Gasteiger charge is 2.30. The number of halogens is 4. The van der Waals surface area contributed by atoms with Gasteiger partial charge >= 0.3 is 6.18 Å². The molecule has 0 aromatic heterocycles. The van der Waals surface area contributed by atoms with Gasteiger partial charge in [0.2, 0.25) is 5.91 Å². The second-order valence-electron chi connectivity index (χ2n) is 5.12. The molecule has 2 rings (SSSR count). The summed E-state index contributed by atoms with van der Waals surface area (Å²) in [6, 6.07) is 10.9. The Morgan fingerprint density at radius 3 is 2.50 bits per heavy atom. The summed E-state index contributed by atoms with van der Waals surface area (Å²) in [4.78, 5) is 11.7. The molecule has 24 heavy (non-hydrogen) atoms. The summed E-state index contributed by atoms with van der Waals surface area (Å²) in [7, 11) is 0. The molecule has 0 saturated heterocycles. The number of hydrogen-bond donors (Lipinski definition) is 2. The lowest BCUT2D eigenvalue weighted by Crippen LogP contribution is -2.31. The molecule has 0 radical (unpaired) electrons. The summed E-state index contributed by atoms with van der Waals surface area (Å²) >= 11 is 0. The van der Waals surface area contributed by atoms with E-state index >= 15 is 0 Å². The van der Waals surface area contributed by atoms with Crippen LogP contribution in [0.2, 0.25) is 0 Å². The summed E-state index contributed by atoms with van der Waals surface area (Å²) in [5, 5.41) is 5.21. The SMILES string of the molecule is O=C(CNc1cccc(C(F)(F)F)c1)NCCc1ccccc1F. The van der Waals surface area contributed by atoms with Gasteiger partial charge in [-0.15, -0.1) is 0 Å². The van der Waals surface area contributed by atoms with E-state index in [-0.39, 0.29) is 30.5 Å². The lowest BCUT2D eigenvalue weighted by atomic mass is 10.1. The van der Waals surface area contributed by atoms with Gasteiger partial charge in [0.15, 0.2) is 0 Å². The van der Waals surface area contributed by atoms with Gasteiger partial charge in [-0.05, 0) is 36.2 Å². The van der Waals surface area contributed by atoms with Crippen LogP contribution in [0.4, 0.5) is 23.2 Å². The van der Waals surface area contributed by atoms with Crippen LogP contribution in [0.1, 0.15) is 11.1 Å². The van der Waals surface area contributed by atoms with Crippen molar-refractivity contribution in [2.45, 2.75) is 12.6 Å². The Balaban J connectivity index is 1.78. The van der Waals surface area contributed by atoms with E-state index in [1.165, 1.54) is 18.2 Å². The maximum atomic E-state index is 13.4. The molecular weight excluding hydrogens is 324 g/mol. The summed E-state index contributed by atoms with van der Waals surface area (Å²) in [6.07, 6.45) is -4.10. The molecule has 0 atom stereocenters. The van der Waals surface area contributed by atoms with E-state index in [4.69, 9.17) is 0 Å². The predicted octanol–water partition coefficient (Wildman–Crippen LogP) is 3.62. The van der Waals surface area contributed by atoms with Crippen molar-refractivity contribution in [2.75, 3.05) is 18.4 Å². The number of benzene rings is 2. The second kappa shape index (κ2) is 7.81. The molecule has 0 spiro atoms. The van der Waals surface area contributed by atoms with Crippen LogP contribution < -0.4 is 10.6 Å². The van der Waals surface area contributed by atoms with Gasteiger partial charge in [-0.1, -0.05) is 24.3 Å². The van der Waals surface area contributed by atoms with E-state index in [1.807, 2.05) is 0 Å². The zero-order valence-electron chi connectivity index (χ0n) is 12.7. The van der Waals surface area contributed by atoms with Crippen LogP contribution in [0, 0.1) is 5.82 Å². The number of nitrogens with one attached hydrogen (secondary N) is 2. The number of alkyl halides is 3. The number of carbonyl (C=O) groups is 1. The topological polar surface area (TPSA) is 41.1 Å². The van der Waals surface area contributed by atoms with Gasteiger partial charge in [0.1, 0.15) is 5.82 Å². The summed E-state index contributed by atoms with van der Waals surface area (Å²) < 4.78 is 51.2. The predicted molar refractivity (Wildman–Crippen MR) is 83.0 cm³/mol. The van der Waals surface area contributed by atoms with Gasteiger partial charge < -0.3 is 10.6 Å². The summed E-state index contributed by atoms with van der Waals surface area (Å²) in [6.45, 7) is 0.0720. The van der Waals surface area contributed by atoms with Crippen LogP contribution in [-0.4, -0.2) is 19.0 Å². The summed E-state index contributed by atoms with van der Waals surface area (Å²) in [5.74, 6) is -0.724. The lowest BCUT2D eigenvalue weighted by Gasteiger charge is -2.11. The van der Waals surface area contributed by atoms with E-state index in [0.29, 0.717) is 12.0 Å². The molecule has 2 aromatic carbocycles. The fourth-order valence-electron chi connectivity index (χ4n) is 2.09. The minimum absolute atomic E-state index is 0.168. The first kappa shape index (κ1) is 17.8. The molecule has 0 bridgehead atoms. The van der Waals surface area contributed by atoms with Gasteiger partial charge in [-0.3, -0.25) is 4.79 Å². The largest absolute Gasteiger partial charge is 0.416 e. The van der Waals surface area contributed by atoms with Crippen molar-refractivity contribution in [1.29, 1.82) is 0 Å². The molecule has 0 aliphatic heterocycles. The van der Waals surface area contributed by atoms with E-state index in [1.54, 1.807) is 18.2 Å². The molecule has 2 N–H and O–H groups in total. The van der Waals surface area contributed by atoms with E-state index in [2.05, 4.69) is 10.6 Å². The van der Waals surface area contributed by atoms with Gasteiger partial charge in [0, 0.05) is 12.2 Å².